The lowest BCUT2D eigenvalue weighted by Crippen LogP contribution is -2.26. The fourth-order valence-electron chi connectivity index (χ4n) is 1.90. The second kappa shape index (κ2) is 5.78. The second-order valence-electron chi connectivity index (χ2n) is 4.05. The maximum Gasteiger partial charge on any atom is 0.337 e. The van der Waals surface area contributed by atoms with E-state index >= 15 is 0 Å². The third-order valence-electron chi connectivity index (χ3n) is 2.73. The van der Waals surface area contributed by atoms with Crippen LogP contribution in [-0.4, -0.2) is 28.6 Å². The molecule has 1 aliphatic rings. The second-order valence-corrected chi connectivity index (χ2v) is 6.12. The smallest absolute Gasteiger partial charge is 0.337 e. The molecule has 1 atom stereocenters. The Morgan fingerprint density at radius 2 is 2.35 bits per heavy atom. The Hall–Kier alpha value is -0.680. The molecule has 0 bridgehead atoms. The number of carboxylic acids is 1. The molecule has 1 unspecified atom stereocenters. The molecule has 17 heavy (non-hydrogen) atoms. The van der Waals surface area contributed by atoms with E-state index in [1.165, 1.54) is 12.2 Å². The van der Waals surface area contributed by atoms with Gasteiger partial charge in [0.25, 0.3) is 0 Å². The molecule has 0 aliphatic carbocycles. The number of halogens is 1. The average Bonchev–Trinajstić information content (AvgIpc) is 2.30. The molecule has 1 aliphatic heterocycles. The summed E-state index contributed by atoms with van der Waals surface area (Å²) in [5.41, 5.74) is 1.04. The number of carboxylic acid groups (broad SMARTS) is 1. The molecule has 5 heteroatoms. The number of nitrogens with one attached hydrogen (secondary N) is 1. The zero-order valence-electron chi connectivity index (χ0n) is 9.28. The van der Waals surface area contributed by atoms with Crippen molar-refractivity contribution in [2.75, 3.05) is 16.8 Å². The molecule has 1 fully saturated rings. The quantitative estimate of drug-likeness (QED) is 0.897. The SMILES string of the molecule is O=C(O)c1ccc(Br)cc1NC1CCCSC1. The van der Waals surface area contributed by atoms with E-state index in [-0.39, 0.29) is 0 Å². The minimum Gasteiger partial charge on any atom is -0.478 e. The van der Waals surface area contributed by atoms with Crippen LogP contribution in [0.2, 0.25) is 0 Å². The van der Waals surface area contributed by atoms with Crippen molar-refractivity contribution in [2.24, 2.45) is 0 Å². The number of thioether (sulfide) groups is 1. The number of hydrogen-bond acceptors (Lipinski definition) is 3. The highest BCUT2D eigenvalue weighted by atomic mass is 79.9. The standard InChI is InChI=1S/C12H14BrNO2S/c13-8-3-4-10(12(15)16)11(6-8)14-9-2-1-5-17-7-9/h3-4,6,9,14H,1-2,5,7H2,(H,15,16). The van der Waals surface area contributed by atoms with Gasteiger partial charge in [0.1, 0.15) is 0 Å². The van der Waals surface area contributed by atoms with Crippen molar-refractivity contribution in [1.29, 1.82) is 0 Å². The molecule has 92 valence electrons. The highest BCUT2D eigenvalue weighted by molar-refractivity contribution is 9.10. The fourth-order valence-corrected chi connectivity index (χ4v) is 3.33. The molecule has 0 aromatic heterocycles. The van der Waals surface area contributed by atoms with Crippen LogP contribution in [0.5, 0.6) is 0 Å². The van der Waals surface area contributed by atoms with Gasteiger partial charge in [-0.1, -0.05) is 15.9 Å². The largest absolute Gasteiger partial charge is 0.478 e. The van der Waals surface area contributed by atoms with Crippen LogP contribution in [0.3, 0.4) is 0 Å². The molecule has 1 heterocycles. The summed E-state index contributed by atoms with van der Waals surface area (Å²) in [6, 6.07) is 5.60. The van der Waals surface area contributed by atoms with E-state index in [4.69, 9.17) is 5.11 Å². The van der Waals surface area contributed by atoms with E-state index in [0.29, 0.717) is 17.3 Å². The highest BCUT2D eigenvalue weighted by Crippen LogP contribution is 2.26. The number of hydrogen-bond donors (Lipinski definition) is 2. The van der Waals surface area contributed by atoms with Crippen molar-refractivity contribution in [2.45, 2.75) is 18.9 Å². The Labute approximate surface area is 113 Å². The first-order chi connectivity index (χ1) is 8.16. The summed E-state index contributed by atoms with van der Waals surface area (Å²) in [6.07, 6.45) is 2.30. The number of anilines is 1. The molecular formula is C12H14BrNO2S. The summed E-state index contributed by atoms with van der Waals surface area (Å²) in [7, 11) is 0. The summed E-state index contributed by atoms with van der Waals surface area (Å²) in [4.78, 5) is 11.1. The molecule has 1 aromatic carbocycles. The molecule has 0 radical (unpaired) electrons. The Morgan fingerprint density at radius 3 is 3.00 bits per heavy atom. The van der Waals surface area contributed by atoms with Crippen molar-refractivity contribution >= 4 is 39.3 Å². The topological polar surface area (TPSA) is 49.3 Å². The van der Waals surface area contributed by atoms with Gasteiger partial charge in [0.05, 0.1) is 11.3 Å². The number of benzene rings is 1. The predicted octanol–water partition coefficient (Wildman–Crippen LogP) is 3.45. The molecule has 1 saturated heterocycles. The number of aromatic carboxylic acids is 1. The Kier molecular flexibility index (Phi) is 4.34. The van der Waals surface area contributed by atoms with Crippen LogP contribution >= 0.6 is 27.7 Å². The first-order valence-corrected chi connectivity index (χ1v) is 7.48. The van der Waals surface area contributed by atoms with Gasteiger partial charge in [-0.3, -0.25) is 0 Å². The van der Waals surface area contributed by atoms with Crippen LogP contribution in [0.1, 0.15) is 23.2 Å². The van der Waals surface area contributed by atoms with Crippen LogP contribution in [0, 0.1) is 0 Å². The molecule has 0 amide bonds. The van der Waals surface area contributed by atoms with E-state index in [9.17, 15) is 4.79 Å². The summed E-state index contributed by atoms with van der Waals surface area (Å²) in [6.45, 7) is 0. The monoisotopic (exact) mass is 315 g/mol. The molecule has 2 rings (SSSR count). The van der Waals surface area contributed by atoms with Crippen molar-refractivity contribution in [3.05, 3.63) is 28.2 Å². The minimum absolute atomic E-state index is 0.337. The van der Waals surface area contributed by atoms with Crippen LogP contribution in [0.25, 0.3) is 0 Å². The van der Waals surface area contributed by atoms with Gasteiger partial charge in [-0.25, -0.2) is 4.79 Å². The van der Waals surface area contributed by atoms with Gasteiger partial charge in [0, 0.05) is 16.3 Å². The van der Waals surface area contributed by atoms with Crippen LogP contribution in [0.15, 0.2) is 22.7 Å². The van der Waals surface area contributed by atoms with E-state index in [1.807, 2.05) is 17.8 Å². The van der Waals surface area contributed by atoms with Crippen molar-refractivity contribution in [3.8, 4) is 0 Å². The van der Waals surface area contributed by atoms with Gasteiger partial charge in [0.2, 0.25) is 0 Å². The summed E-state index contributed by atoms with van der Waals surface area (Å²) in [5.74, 6) is 1.37. The lowest BCUT2D eigenvalue weighted by Gasteiger charge is -2.24. The summed E-state index contributed by atoms with van der Waals surface area (Å²) in [5, 5.41) is 12.5. The first kappa shape index (κ1) is 12.8. The molecule has 0 spiro atoms. The first-order valence-electron chi connectivity index (χ1n) is 5.54. The summed E-state index contributed by atoms with van der Waals surface area (Å²) < 4.78 is 0.897. The van der Waals surface area contributed by atoms with Gasteiger partial charge in [-0.2, -0.15) is 11.8 Å². The van der Waals surface area contributed by atoms with E-state index in [0.717, 1.165) is 16.6 Å². The third-order valence-corrected chi connectivity index (χ3v) is 4.44. The highest BCUT2D eigenvalue weighted by Gasteiger charge is 2.17. The molecule has 2 N–H and O–H groups in total. The normalized spacial score (nSPS) is 19.9. The third kappa shape index (κ3) is 3.39. The van der Waals surface area contributed by atoms with Crippen molar-refractivity contribution < 1.29 is 9.90 Å². The fraction of sp³-hybridized carbons (Fsp3) is 0.417. The van der Waals surface area contributed by atoms with Gasteiger partial charge >= 0.3 is 5.97 Å². The number of rotatable bonds is 3. The minimum atomic E-state index is -0.886. The van der Waals surface area contributed by atoms with Gasteiger partial charge in [-0.15, -0.1) is 0 Å². The molecular weight excluding hydrogens is 302 g/mol. The van der Waals surface area contributed by atoms with E-state index < -0.39 is 5.97 Å². The zero-order valence-corrected chi connectivity index (χ0v) is 11.7. The maximum atomic E-state index is 11.1. The lowest BCUT2D eigenvalue weighted by atomic mass is 10.1. The van der Waals surface area contributed by atoms with Gasteiger partial charge in [0.15, 0.2) is 0 Å². The average molecular weight is 316 g/mol. The maximum absolute atomic E-state index is 11.1. The summed E-state index contributed by atoms with van der Waals surface area (Å²) >= 11 is 5.29. The van der Waals surface area contributed by atoms with Crippen molar-refractivity contribution in [1.82, 2.24) is 0 Å². The Balaban J connectivity index is 2.17. The van der Waals surface area contributed by atoms with Crippen LogP contribution in [-0.2, 0) is 0 Å². The van der Waals surface area contributed by atoms with Gasteiger partial charge in [-0.05, 0) is 36.8 Å². The Morgan fingerprint density at radius 1 is 1.53 bits per heavy atom. The van der Waals surface area contributed by atoms with E-state index in [2.05, 4.69) is 21.2 Å². The zero-order chi connectivity index (χ0) is 12.3. The molecule has 1 aromatic rings. The van der Waals surface area contributed by atoms with Crippen molar-refractivity contribution in [3.63, 3.8) is 0 Å². The lowest BCUT2D eigenvalue weighted by molar-refractivity contribution is 0.0698. The van der Waals surface area contributed by atoms with Crippen LogP contribution in [0.4, 0.5) is 5.69 Å². The van der Waals surface area contributed by atoms with Gasteiger partial charge < -0.3 is 10.4 Å². The molecule has 3 nitrogen and oxygen atoms in total. The van der Waals surface area contributed by atoms with E-state index in [1.54, 1.807) is 12.1 Å². The Bertz CT molecular complexity index is 419. The number of carbonyl (C=O) groups is 1. The predicted molar refractivity (Wildman–Crippen MR) is 75.1 cm³/mol. The van der Waals surface area contributed by atoms with Crippen LogP contribution < -0.4 is 5.32 Å². The molecule has 0 saturated carbocycles.